The van der Waals surface area contributed by atoms with E-state index in [9.17, 15) is 0 Å². The third kappa shape index (κ3) is 2.56. The van der Waals surface area contributed by atoms with Crippen LogP contribution in [0.25, 0.3) is 0 Å². The smallest absolute Gasteiger partial charge is 0.0528 e. The Morgan fingerprint density at radius 2 is 2.00 bits per heavy atom. The third-order valence-corrected chi connectivity index (χ3v) is 2.59. The molecule has 1 fully saturated rings. The van der Waals surface area contributed by atoms with Crippen molar-refractivity contribution in [1.29, 1.82) is 0 Å². The topological polar surface area (TPSA) is 21.3 Å². The van der Waals surface area contributed by atoms with Crippen LogP contribution in [-0.4, -0.2) is 19.8 Å². The second-order valence-electron chi connectivity index (χ2n) is 4.02. The number of benzene rings is 1. The number of rotatable bonds is 4. The number of nitrogens with one attached hydrogen (secondary N) is 1. The number of ether oxygens (including phenoxy) is 1. The fourth-order valence-corrected chi connectivity index (χ4v) is 1.53. The summed E-state index contributed by atoms with van der Waals surface area (Å²) in [5.41, 5.74) is 2.68. The van der Waals surface area contributed by atoms with Gasteiger partial charge in [0.2, 0.25) is 0 Å². The molecule has 0 bridgehead atoms. The number of hydrogen-bond acceptors (Lipinski definition) is 2. The molecule has 1 saturated heterocycles. The van der Waals surface area contributed by atoms with Gasteiger partial charge in [-0.05, 0) is 12.5 Å². The summed E-state index contributed by atoms with van der Waals surface area (Å²) in [5, 5.41) is 3.44. The molecular formula is C12H17NO. The van der Waals surface area contributed by atoms with Crippen molar-refractivity contribution in [3.05, 3.63) is 35.4 Å². The van der Waals surface area contributed by atoms with Crippen LogP contribution in [0.4, 0.5) is 0 Å². The summed E-state index contributed by atoms with van der Waals surface area (Å²) in [7, 11) is 0. The van der Waals surface area contributed by atoms with E-state index >= 15 is 0 Å². The van der Waals surface area contributed by atoms with Crippen molar-refractivity contribution in [1.82, 2.24) is 5.32 Å². The lowest BCUT2D eigenvalue weighted by Crippen LogP contribution is -2.36. The van der Waals surface area contributed by atoms with E-state index in [1.54, 1.807) is 0 Å². The first kappa shape index (κ1) is 9.69. The summed E-state index contributed by atoms with van der Waals surface area (Å²) in [6.45, 7) is 6.02. The Balaban J connectivity index is 1.71. The summed E-state index contributed by atoms with van der Waals surface area (Å²) in [5.74, 6) is 0.737. The van der Waals surface area contributed by atoms with Crippen LogP contribution in [0.2, 0.25) is 0 Å². The molecule has 0 spiro atoms. The van der Waals surface area contributed by atoms with Gasteiger partial charge in [-0.2, -0.15) is 0 Å². The molecule has 0 radical (unpaired) electrons. The first-order valence-corrected chi connectivity index (χ1v) is 5.18. The van der Waals surface area contributed by atoms with Gasteiger partial charge in [-0.1, -0.05) is 29.8 Å². The molecule has 76 valence electrons. The Bertz CT molecular complexity index is 277. The molecular weight excluding hydrogens is 174 g/mol. The van der Waals surface area contributed by atoms with E-state index in [2.05, 4.69) is 36.5 Å². The zero-order chi connectivity index (χ0) is 9.80. The average molecular weight is 191 g/mol. The lowest BCUT2D eigenvalue weighted by atomic mass is 10.1. The van der Waals surface area contributed by atoms with Crippen LogP contribution in [0.1, 0.15) is 11.1 Å². The molecule has 2 nitrogen and oxygen atoms in total. The predicted molar refractivity (Wildman–Crippen MR) is 57.2 cm³/mol. The zero-order valence-electron chi connectivity index (χ0n) is 8.62. The molecule has 0 aromatic heterocycles. The Labute approximate surface area is 85.3 Å². The monoisotopic (exact) mass is 191 g/mol. The van der Waals surface area contributed by atoms with Crippen molar-refractivity contribution in [3.8, 4) is 0 Å². The van der Waals surface area contributed by atoms with Crippen LogP contribution in [0.15, 0.2) is 24.3 Å². The lowest BCUT2D eigenvalue weighted by Gasteiger charge is -2.26. The van der Waals surface area contributed by atoms with Gasteiger partial charge < -0.3 is 10.1 Å². The molecule has 0 unspecified atom stereocenters. The minimum Gasteiger partial charge on any atom is -0.381 e. The van der Waals surface area contributed by atoms with Gasteiger partial charge in [-0.25, -0.2) is 0 Å². The van der Waals surface area contributed by atoms with Gasteiger partial charge in [-0.3, -0.25) is 0 Å². The maximum absolute atomic E-state index is 5.11. The molecule has 0 saturated carbocycles. The summed E-state index contributed by atoms with van der Waals surface area (Å²) < 4.78 is 5.11. The van der Waals surface area contributed by atoms with Crippen LogP contribution in [0.3, 0.4) is 0 Å². The van der Waals surface area contributed by atoms with Gasteiger partial charge in [0.1, 0.15) is 0 Å². The first-order valence-electron chi connectivity index (χ1n) is 5.18. The van der Waals surface area contributed by atoms with Crippen molar-refractivity contribution in [2.75, 3.05) is 19.8 Å². The fraction of sp³-hybridized carbons (Fsp3) is 0.500. The summed E-state index contributed by atoms with van der Waals surface area (Å²) >= 11 is 0. The molecule has 2 heteroatoms. The molecule has 2 rings (SSSR count). The SMILES string of the molecule is Cc1ccc(CNCC2COC2)cc1. The highest BCUT2D eigenvalue weighted by Gasteiger charge is 2.16. The second-order valence-corrected chi connectivity index (χ2v) is 4.02. The largest absolute Gasteiger partial charge is 0.381 e. The van der Waals surface area contributed by atoms with Crippen LogP contribution in [0.5, 0.6) is 0 Å². The molecule has 1 aliphatic heterocycles. The molecule has 14 heavy (non-hydrogen) atoms. The molecule has 1 aliphatic rings. The predicted octanol–water partition coefficient (Wildman–Crippen LogP) is 1.73. The van der Waals surface area contributed by atoms with E-state index in [-0.39, 0.29) is 0 Å². The highest BCUT2D eigenvalue weighted by Crippen LogP contribution is 2.08. The van der Waals surface area contributed by atoms with Crippen LogP contribution >= 0.6 is 0 Å². The summed E-state index contributed by atoms with van der Waals surface area (Å²) in [6.07, 6.45) is 0. The highest BCUT2D eigenvalue weighted by atomic mass is 16.5. The Morgan fingerprint density at radius 1 is 1.29 bits per heavy atom. The van der Waals surface area contributed by atoms with Gasteiger partial charge in [0.05, 0.1) is 13.2 Å². The molecule has 1 N–H and O–H groups in total. The maximum atomic E-state index is 5.11. The van der Waals surface area contributed by atoms with Crippen molar-refractivity contribution in [2.24, 2.45) is 5.92 Å². The minimum absolute atomic E-state index is 0.737. The molecule has 1 aromatic carbocycles. The molecule has 1 aromatic rings. The molecule has 0 atom stereocenters. The van der Waals surface area contributed by atoms with Crippen LogP contribution < -0.4 is 5.32 Å². The summed E-state index contributed by atoms with van der Waals surface area (Å²) in [4.78, 5) is 0. The fourth-order valence-electron chi connectivity index (χ4n) is 1.53. The molecule has 1 heterocycles. The van der Waals surface area contributed by atoms with Crippen molar-refractivity contribution >= 4 is 0 Å². The van der Waals surface area contributed by atoms with E-state index < -0.39 is 0 Å². The maximum Gasteiger partial charge on any atom is 0.0528 e. The van der Waals surface area contributed by atoms with Gasteiger partial charge in [-0.15, -0.1) is 0 Å². The highest BCUT2D eigenvalue weighted by molar-refractivity contribution is 5.21. The van der Waals surface area contributed by atoms with Gasteiger partial charge in [0.25, 0.3) is 0 Å². The number of aryl methyl sites for hydroxylation is 1. The number of hydrogen-bond donors (Lipinski definition) is 1. The molecule has 0 amide bonds. The zero-order valence-corrected chi connectivity index (χ0v) is 8.62. The van der Waals surface area contributed by atoms with Gasteiger partial charge in [0.15, 0.2) is 0 Å². The summed E-state index contributed by atoms with van der Waals surface area (Å²) in [6, 6.07) is 8.67. The van der Waals surface area contributed by atoms with Crippen molar-refractivity contribution < 1.29 is 4.74 Å². The van der Waals surface area contributed by atoms with Crippen LogP contribution in [0, 0.1) is 12.8 Å². The van der Waals surface area contributed by atoms with E-state index in [1.165, 1.54) is 11.1 Å². The van der Waals surface area contributed by atoms with Gasteiger partial charge in [0, 0.05) is 19.0 Å². The second kappa shape index (κ2) is 4.58. The van der Waals surface area contributed by atoms with Crippen molar-refractivity contribution in [2.45, 2.75) is 13.5 Å². The standard InChI is InChI=1S/C12H17NO/c1-10-2-4-11(5-3-10)6-13-7-12-8-14-9-12/h2-5,12-13H,6-9H2,1H3. The third-order valence-electron chi connectivity index (χ3n) is 2.59. The van der Waals surface area contributed by atoms with Crippen molar-refractivity contribution in [3.63, 3.8) is 0 Å². The van der Waals surface area contributed by atoms with E-state index in [0.717, 1.165) is 32.2 Å². The molecule has 0 aliphatic carbocycles. The lowest BCUT2D eigenvalue weighted by molar-refractivity contribution is -0.0307. The average Bonchev–Trinajstić information content (AvgIpc) is 2.12. The van der Waals surface area contributed by atoms with E-state index in [0.29, 0.717) is 0 Å². The Kier molecular flexibility index (Phi) is 3.17. The normalized spacial score (nSPS) is 16.6. The minimum atomic E-state index is 0.737. The van der Waals surface area contributed by atoms with Gasteiger partial charge >= 0.3 is 0 Å². The quantitative estimate of drug-likeness (QED) is 0.782. The first-order chi connectivity index (χ1) is 6.84. The van der Waals surface area contributed by atoms with Crippen LogP contribution in [-0.2, 0) is 11.3 Å². The Hall–Kier alpha value is -0.860. The van der Waals surface area contributed by atoms with E-state index in [1.807, 2.05) is 0 Å². The van der Waals surface area contributed by atoms with E-state index in [4.69, 9.17) is 4.74 Å². The Morgan fingerprint density at radius 3 is 2.57 bits per heavy atom.